The Morgan fingerprint density at radius 3 is 2.30 bits per heavy atom. The van der Waals surface area contributed by atoms with E-state index < -0.39 is 0 Å². The van der Waals surface area contributed by atoms with Gasteiger partial charge in [0.25, 0.3) is 0 Å². The molecule has 2 aromatic carbocycles. The summed E-state index contributed by atoms with van der Waals surface area (Å²) in [5, 5.41) is 3.47. The van der Waals surface area contributed by atoms with Crippen LogP contribution in [-0.2, 0) is 4.74 Å². The Morgan fingerprint density at radius 2 is 1.65 bits per heavy atom. The number of rotatable bonds is 7. The van der Waals surface area contributed by atoms with Crippen LogP contribution >= 0.6 is 0 Å². The number of ether oxygens (including phenoxy) is 2. The summed E-state index contributed by atoms with van der Waals surface area (Å²) in [4.78, 5) is 0. The lowest BCUT2D eigenvalue weighted by Gasteiger charge is -2.16. The van der Waals surface area contributed by atoms with Crippen molar-refractivity contribution in [3.63, 3.8) is 0 Å². The van der Waals surface area contributed by atoms with Crippen molar-refractivity contribution in [1.82, 2.24) is 0 Å². The highest BCUT2D eigenvalue weighted by Crippen LogP contribution is 2.21. The second-order valence-corrected chi connectivity index (χ2v) is 4.64. The molecule has 20 heavy (non-hydrogen) atoms. The number of anilines is 1. The van der Waals surface area contributed by atoms with Gasteiger partial charge in [-0.25, -0.2) is 0 Å². The molecule has 3 nitrogen and oxygen atoms in total. The summed E-state index contributed by atoms with van der Waals surface area (Å²) in [5.41, 5.74) is 2.35. The Labute approximate surface area is 120 Å². The van der Waals surface area contributed by atoms with E-state index in [4.69, 9.17) is 9.47 Å². The third-order valence-corrected chi connectivity index (χ3v) is 3.09. The van der Waals surface area contributed by atoms with Gasteiger partial charge in [0.05, 0.1) is 6.61 Å². The molecular weight excluding hydrogens is 250 g/mol. The van der Waals surface area contributed by atoms with Crippen molar-refractivity contribution in [3.05, 3.63) is 60.2 Å². The molecule has 0 amide bonds. The molecule has 0 radical (unpaired) electrons. The lowest BCUT2D eigenvalue weighted by atomic mass is 10.1. The summed E-state index contributed by atoms with van der Waals surface area (Å²) in [5.74, 6) is 0.861. The first-order chi connectivity index (χ1) is 9.79. The van der Waals surface area contributed by atoms with Gasteiger partial charge in [-0.3, -0.25) is 0 Å². The van der Waals surface area contributed by atoms with Crippen LogP contribution in [0.4, 0.5) is 5.69 Å². The molecular formula is C17H21NO2. The predicted octanol–water partition coefficient (Wildman–Crippen LogP) is 3.88. The molecule has 106 valence electrons. The van der Waals surface area contributed by atoms with E-state index in [1.165, 1.54) is 5.56 Å². The Kier molecular flexibility index (Phi) is 5.44. The van der Waals surface area contributed by atoms with Gasteiger partial charge in [0.1, 0.15) is 12.4 Å². The summed E-state index contributed by atoms with van der Waals surface area (Å²) in [6.07, 6.45) is 0. The molecule has 2 aromatic rings. The van der Waals surface area contributed by atoms with Crippen molar-refractivity contribution in [2.45, 2.75) is 13.0 Å². The predicted molar refractivity (Wildman–Crippen MR) is 82.3 cm³/mol. The fraction of sp³-hybridized carbons (Fsp3) is 0.294. The fourth-order valence-electron chi connectivity index (χ4n) is 1.97. The van der Waals surface area contributed by atoms with E-state index in [0.29, 0.717) is 13.2 Å². The Balaban J connectivity index is 1.90. The Hall–Kier alpha value is -2.00. The molecule has 0 saturated heterocycles. The number of hydrogen-bond donors (Lipinski definition) is 1. The van der Waals surface area contributed by atoms with Crippen molar-refractivity contribution in [2.24, 2.45) is 0 Å². The Bertz CT molecular complexity index is 496. The molecule has 0 heterocycles. The van der Waals surface area contributed by atoms with Crippen molar-refractivity contribution in [1.29, 1.82) is 0 Å². The van der Waals surface area contributed by atoms with Crippen molar-refractivity contribution in [3.8, 4) is 5.75 Å². The normalized spacial score (nSPS) is 11.9. The summed E-state index contributed by atoms with van der Waals surface area (Å²) in [6, 6.07) is 18.7. The zero-order valence-electron chi connectivity index (χ0n) is 12.0. The van der Waals surface area contributed by atoms with Gasteiger partial charge >= 0.3 is 0 Å². The highest BCUT2D eigenvalue weighted by atomic mass is 16.5. The minimum absolute atomic E-state index is 0.274. The van der Waals surface area contributed by atoms with Crippen LogP contribution < -0.4 is 10.1 Å². The van der Waals surface area contributed by atoms with Gasteiger partial charge in [0.15, 0.2) is 0 Å². The number of methoxy groups -OCH3 is 1. The van der Waals surface area contributed by atoms with Crippen LogP contribution in [0.2, 0.25) is 0 Å². The molecule has 1 atom stereocenters. The minimum Gasteiger partial charge on any atom is -0.491 e. The second kappa shape index (κ2) is 7.56. The molecule has 1 unspecified atom stereocenters. The molecule has 0 aliphatic carbocycles. The lowest BCUT2D eigenvalue weighted by Crippen LogP contribution is -2.07. The third-order valence-electron chi connectivity index (χ3n) is 3.09. The molecule has 0 fully saturated rings. The highest BCUT2D eigenvalue weighted by Gasteiger charge is 2.04. The van der Waals surface area contributed by atoms with Crippen LogP contribution in [0, 0.1) is 0 Å². The third kappa shape index (κ3) is 4.28. The summed E-state index contributed by atoms with van der Waals surface area (Å²) in [7, 11) is 1.67. The van der Waals surface area contributed by atoms with Gasteiger partial charge in [-0.05, 0) is 36.8 Å². The van der Waals surface area contributed by atoms with Gasteiger partial charge in [-0.15, -0.1) is 0 Å². The van der Waals surface area contributed by atoms with Gasteiger partial charge in [0.2, 0.25) is 0 Å². The minimum atomic E-state index is 0.274. The van der Waals surface area contributed by atoms with E-state index in [1.807, 2.05) is 30.3 Å². The maximum absolute atomic E-state index is 5.54. The molecule has 0 saturated carbocycles. The SMILES string of the molecule is COCCOc1ccc(NC(C)c2ccccc2)cc1. The molecule has 0 spiro atoms. The number of benzene rings is 2. The van der Waals surface area contributed by atoms with E-state index in [2.05, 4.69) is 36.5 Å². The zero-order chi connectivity index (χ0) is 14.2. The second-order valence-electron chi connectivity index (χ2n) is 4.64. The van der Waals surface area contributed by atoms with E-state index in [0.717, 1.165) is 11.4 Å². The van der Waals surface area contributed by atoms with Crippen molar-refractivity contribution in [2.75, 3.05) is 25.6 Å². The average Bonchev–Trinajstić information content (AvgIpc) is 2.50. The molecule has 2 rings (SSSR count). The average molecular weight is 271 g/mol. The monoisotopic (exact) mass is 271 g/mol. The van der Waals surface area contributed by atoms with Gasteiger partial charge in [0, 0.05) is 18.8 Å². The van der Waals surface area contributed by atoms with Crippen LogP contribution in [0.25, 0.3) is 0 Å². The lowest BCUT2D eigenvalue weighted by molar-refractivity contribution is 0.146. The van der Waals surface area contributed by atoms with E-state index in [-0.39, 0.29) is 6.04 Å². The van der Waals surface area contributed by atoms with Crippen LogP contribution in [0.3, 0.4) is 0 Å². The first kappa shape index (κ1) is 14.4. The van der Waals surface area contributed by atoms with Crippen LogP contribution in [-0.4, -0.2) is 20.3 Å². The van der Waals surface area contributed by atoms with Crippen LogP contribution in [0.5, 0.6) is 5.75 Å². The van der Waals surface area contributed by atoms with Gasteiger partial charge < -0.3 is 14.8 Å². The quantitative estimate of drug-likeness (QED) is 0.775. The van der Waals surface area contributed by atoms with Crippen molar-refractivity contribution < 1.29 is 9.47 Å². The Morgan fingerprint density at radius 1 is 0.950 bits per heavy atom. The van der Waals surface area contributed by atoms with E-state index >= 15 is 0 Å². The summed E-state index contributed by atoms with van der Waals surface area (Å²) >= 11 is 0. The van der Waals surface area contributed by atoms with Gasteiger partial charge in [-0.2, -0.15) is 0 Å². The molecule has 0 aromatic heterocycles. The molecule has 3 heteroatoms. The van der Waals surface area contributed by atoms with Crippen LogP contribution in [0.1, 0.15) is 18.5 Å². The summed E-state index contributed by atoms with van der Waals surface area (Å²) in [6.45, 7) is 3.33. The molecule has 0 bridgehead atoms. The largest absolute Gasteiger partial charge is 0.491 e. The van der Waals surface area contributed by atoms with Crippen molar-refractivity contribution >= 4 is 5.69 Å². The van der Waals surface area contributed by atoms with Gasteiger partial charge in [-0.1, -0.05) is 30.3 Å². The first-order valence-electron chi connectivity index (χ1n) is 6.83. The standard InChI is InChI=1S/C17H21NO2/c1-14(15-6-4-3-5-7-15)18-16-8-10-17(11-9-16)20-13-12-19-2/h3-11,14,18H,12-13H2,1-2H3. The smallest absolute Gasteiger partial charge is 0.119 e. The maximum atomic E-state index is 5.54. The van der Waals surface area contributed by atoms with E-state index in [1.54, 1.807) is 7.11 Å². The molecule has 0 aliphatic rings. The maximum Gasteiger partial charge on any atom is 0.119 e. The summed E-state index contributed by atoms with van der Waals surface area (Å²) < 4.78 is 10.5. The molecule has 1 N–H and O–H groups in total. The molecule has 0 aliphatic heterocycles. The van der Waals surface area contributed by atoms with Crippen LogP contribution in [0.15, 0.2) is 54.6 Å². The first-order valence-corrected chi connectivity index (χ1v) is 6.83. The number of nitrogens with one attached hydrogen (secondary N) is 1. The topological polar surface area (TPSA) is 30.5 Å². The van der Waals surface area contributed by atoms with E-state index in [9.17, 15) is 0 Å². The number of hydrogen-bond acceptors (Lipinski definition) is 3. The zero-order valence-corrected chi connectivity index (χ0v) is 12.0. The highest BCUT2D eigenvalue weighted by molar-refractivity contribution is 5.48. The fourth-order valence-corrected chi connectivity index (χ4v) is 1.97.